The zero-order valence-corrected chi connectivity index (χ0v) is 9.55. The summed E-state index contributed by atoms with van der Waals surface area (Å²) in [6, 6.07) is 6.12. The van der Waals surface area contributed by atoms with Gasteiger partial charge in [0, 0.05) is 19.6 Å². The van der Waals surface area contributed by atoms with Crippen LogP contribution < -0.4 is 15.8 Å². The molecule has 0 spiro atoms. The van der Waals surface area contributed by atoms with Crippen LogP contribution in [0.15, 0.2) is 18.2 Å². The minimum absolute atomic E-state index is 0.670. The molecule has 0 unspecified atom stereocenters. The topological polar surface area (TPSA) is 47.3 Å². The Bertz CT molecular complexity index is 300. The number of benzene rings is 1. The maximum Gasteiger partial charge on any atom is 0.122 e. The van der Waals surface area contributed by atoms with E-state index >= 15 is 0 Å². The average Bonchev–Trinajstić information content (AvgIpc) is 2.24. The lowest BCUT2D eigenvalue weighted by molar-refractivity contribution is 0.312. The van der Waals surface area contributed by atoms with Gasteiger partial charge in [-0.25, -0.2) is 0 Å². The van der Waals surface area contributed by atoms with Crippen LogP contribution in [0, 0.1) is 13.8 Å². The Morgan fingerprint density at radius 3 is 2.80 bits per heavy atom. The van der Waals surface area contributed by atoms with E-state index in [1.807, 2.05) is 12.1 Å². The highest BCUT2D eigenvalue weighted by Crippen LogP contribution is 2.20. The molecule has 84 valence electrons. The molecule has 1 rings (SSSR count). The molecule has 0 saturated heterocycles. The summed E-state index contributed by atoms with van der Waals surface area (Å²) in [5.74, 6) is 0.976. The van der Waals surface area contributed by atoms with Gasteiger partial charge in [0.15, 0.2) is 0 Å². The van der Waals surface area contributed by atoms with Gasteiger partial charge in [-0.1, -0.05) is 12.1 Å². The number of hydrogen-bond acceptors (Lipinski definition) is 3. The molecular formula is C12H20N2O. The van der Waals surface area contributed by atoms with Gasteiger partial charge in [-0.2, -0.15) is 0 Å². The second kappa shape index (κ2) is 6.43. The van der Waals surface area contributed by atoms with E-state index in [1.165, 1.54) is 11.1 Å². The number of nitrogens with one attached hydrogen (secondary N) is 1. The quantitative estimate of drug-likeness (QED) is 0.691. The van der Waals surface area contributed by atoms with Gasteiger partial charge in [-0.3, -0.25) is 0 Å². The molecule has 0 amide bonds. The van der Waals surface area contributed by atoms with Crippen molar-refractivity contribution in [2.24, 2.45) is 5.73 Å². The van der Waals surface area contributed by atoms with E-state index in [9.17, 15) is 0 Å². The van der Waals surface area contributed by atoms with E-state index in [0.717, 1.165) is 18.8 Å². The largest absolute Gasteiger partial charge is 0.492 e. The van der Waals surface area contributed by atoms with Crippen LogP contribution >= 0.6 is 0 Å². The summed E-state index contributed by atoms with van der Waals surface area (Å²) >= 11 is 0. The van der Waals surface area contributed by atoms with Gasteiger partial charge in [-0.05, 0) is 31.0 Å². The maximum absolute atomic E-state index is 5.66. The van der Waals surface area contributed by atoms with E-state index in [0.29, 0.717) is 13.2 Å². The summed E-state index contributed by atoms with van der Waals surface area (Å²) in [5.41, 5.74) is 7.85. The third-order valence-electron chi connectivity index (χ3n) is 2.41. The highest BCUT2D eigenvalue weighted by molar-refractivity contribution is 5.38. The summed E-state index contributed by atoms with van der Waals surface area (Å²) in [6.45, 7) is 7.21. The zero-order valence-electron chi connectivity index (χ0n) is 9.55. The highest BCUT2D eigenvalue weighted by atomic mass is 16.5. The number of rotatable bonds is 6. The predicted molar refractivity (Wildman–Crippen MR) is 63.3 cm³/mol. The van der Waals surface area contributed by atoms with Crippen molar-refractivity contribution < 1.29 is 4.74 Å². The van der Waals surface area contributed by atoms with E-state index in [2.05, 4.69) is 25.2 Å². The SMILES string of the molecule is Cc1cccc(OCCNCCN)c1C. The monoisotopic (exact) mass is 208 g/mol. The van der Waals surface area contributed by atoms with Crippen LogP contribution in [0.3, 0.4) is 0 Å². The fourth-order valence-corrected chi connectivity index (χ4v) is 1.34. The lowest BCUT2D eigenvalue weighted by Gasteiger charge is -2.10. The van der Waals surface area contributed by atoms with Crippen molar-refractivity contribution in [3.8, 4) is 5.75 Å². The fourth-order valence-electron chi connectivity index (χ4n) is 1.34. The molecule has 15 heavy (non-hydrogen) atoms. The number of hydrogen-bond donors (Lipinski definition) is 2. The molecule has 3 nitrogen and oxygen atoms in total. The highest BCUT2D eigenvalue weighted by Gasteiger charge is 2.00. The maximum atomic E-state index is 5.66. The van der Waals surface area contributed by atoms with Crippen LogP contribution in [0.1, 0.15) is 11.1 Å². The van der Waals surface area contributed by atoms with Gasteiger partial charge >= 0.3 is 0 Å². The van der Waals surface area contributed by atoms with E-state index < -0.39 is 0 Å². The summed E-state index contributed by atoms with van der Waals surface area (Å²) in [4.78, 5) is 0. The summed E-state index contributed by atoms with van der Waals surface area (Å²) < 4.78 is 5.66. The molecule has 0 aliphatic rings. The molecule has 0 heterocycles. The minimum Gasteiger partial charge on any atom is -0.492 e. The molecule has 0 bridgehead atoms. The molecule has 3 heteroatoms. The van der Waals surface area contributed by atoms with Crippen molar-refractivity contribution >= 4 is 0 Å². The fraction of sp³-hybridized carbons (Fsp3) is 0.500. The Morgan fingerprint density at radius 1 is 1.27 bits per heavy atom. The van der Waals surface area contributed by atoms with E-state index in [-0.39, 0.29) is 0 Å². The van der Waals surface area contributed by atoms with Crippen LogP contribution in [0.2, 0.25) is 0 Å². The smallest absolute Gasteiger partial charge is 0.122 e. The first-order chi connectivity index (χ1) is 7.25. The molecule has 0 fully saturated rings. The molecule has 1 aromatic rings. The van der Waals surface area contributed by atoms with Gasteiger partial charge in [-0.15, -0.1) is 0 Å². The lowest BCUT2D eigenvalue weighted by Crippen LogP contribution is -2.26. The van der Waals surface area contributed by atoms with Gasteiger partial charge in [0.1, 0.15) is 12.4 Å². The molecule has 0 radical (unpaired) electrons. The van der Waals surface area contributed by atoms with Gasteiger partial charge in [0.25, 0.3) is 0 Å². The predicted octanol–water partition coefficient (Wildman–Crippen LogP) is 1.23. The molecule has 0 saturated carbocycles. The molecule has 0 aliphatic carbocycles. The van der Waals surface area contributed by atoms with Crippen molar-refractivity contribution in [3.63, 3.8) is 0 Å². The van der Waals surface area contributed by atoms with Crippen molar-refractivity contribution in [1.82, 2.24) is 5.32 Å². The third kappa shape index (κ3) is 3.90. The van der Waals surface area contributed by atoms with Gasteiger partial charge in [0.05, 0.1) is 0 Å². The second-order valence-corrected chi connectivity index (χ2v) is 3.59. The van der Waals surface area contributed by atoms with Gasteiger partial charge < -0.3 is 15.8 Å². The first-order valence-corrected chi connectivity index (χ1v) is 5.35. The molecule has 0 atom stereocenters. The van der Waals surface area contributed by atoms with E-state index in [1.54, 1.807) is 0 Å². The van der Waals surface area contributed by atoms with Gasteiger partial charge in [0.2, 0.25) is 0 Å². The Labute approximate surface area is 91.6 Å². The summed E-state index contributed by atoms with van der Waals surface area (Å²) in [7, 11) is 0. The normalized spacial score (nSPS) is 10.3. The van der Waals surface area contributed by atoms with Crippen LogP contribution in [0.25, 0.3) is 0 Å². The number of aryl methyl sites for hydroxylation is 1. The Morgan fingerprint density at radius 2 is 2.07 bits per heavy atom. The average molecular weight is 208 g/mol. The van der Waals surface area contributed by atoms with Crippen LogP contribution in [0.5, 0.6) is 5.75 Å². The lowest BCUT2D eigenvalue weighted by atomic mass is 10.1. The first-order valence-electron chi connectivity index (χ1n) is 5.35. The molecule has 3 N–H and O–H groups in total. The number of nitrogens with two attached hydrogens (primary N) is 1. The molecule has 0 aliphatic heterocycles. The zero-order chi connectivity index (χ0) is 11.1. The Kier molecular flexibility index (Phi) is 5.15. The minimum atomic E-state index is 0.670. The molecule has 0 aromatic heterocycles. The summed E-state index contributed by atoms with van der Waals surface area (Å²) in [6.07, 6.45) is 0. The van der Waals surface area contributed by atoms with Crippen LogP contribution in [-0.4, -0.2) is 26.2 Å². The first kappa shape index (κ1) is 12.0. The van der Waals surface area contributed by atoms with E-state index in [4.69, 9.17) is 10.5 Å². The number of ether oxygens (including phenoxy) is 1. The third-order valence-corrected chi connectivity index (χ3v) is 2.41. The Balaban J connectivity index is 2.34. The summed E-state index contributed by atoms with van der Waals surface area (Å²) in [5, 5.41) is 3.19. The van der Waals surface area contributed by atoms with Crippen molar-refractivity contribution in [1.29, 1.82) is 0 Å². The molecule has 1 aromatic carbocycles. The Hall–Kier alpha value is -1.06. The van der Waals surface area contributed by atoms with Crippen molar-refractivity contribution in [2.45, 2.75) is 13.8 Å². The second-order valence-electron chi connectivity index (χ2n) is 3.59. The van der Waals surface area contributed by atoms with Crippen molar-refractivity contribution in [3.05, 3.63) is 29.3 Å². The van der Waals surface area contributed by atoms with Crippen molar-refractivity contribution in [2.75, 3.05) is 26.2 Å². The standard InChI is InChI=1S/C12H20N2O/c1-10-4-3-5-12(11(10)2)15-9-8-14-7-6-13/h3-5,14H,6-9,13H2,1-2H3. The molecular weight excluding hydrogens is 188 g/mol. The van der Waals surface area contributed by atoms with Crippen LogP contribution in [-0.2, 0) is 0 Å². The van der Waals surface area contributed by atoms with Crippen LogP contribution in [0.4, 0.5) is 0 Å².